The minimum absolute atomic E-state index is 0.0169. The molecule has 0 bridgehead atoms. The third-order valence-electron chi connectivity index (χ3n) is 2.28. The summed E-state index contributed by atoms with van der Waals surface area (Å²) in [7, 11) is 3.12. The van der Waals surface area contributed by atoms with E-state index in [9.17, 15) is 4.79 Å². The first-order chi connectivity index (χ1) is 8.47. The largest absolute Gasteiger partial charge is 0.467 e. The van der Waals surface area contributed by atoms with Gasteiger partial charge in [-0.1, -0.05) is 13.8 Å². The number of nitrogens with two attached hydrogens (primary N) is 1. The zero-order chi connectivity index (χ0) is 13.7. The molecule has 0 spiro atoms. The Morgan fingerprint density at radius 2 is 1.89 bits per heavy atom. The Bertz CT molecular complexity index is 401. The van der Waals surface area contributed by atoms with Gasteiger partial charge >= 0.3 is 6.01 Å². The van der Waals surface area contributed by atoms with Crippen molar-refractivity contribution in [1.29, 1.82) is 0 Å². The van der Waals surface area contributed by atoms with Gasteiger partial charge in [0.15, 0.2) is 0 Å². The van der Waals surface area contributed by atoms with Crippen molar-refractivity contribution in [2.75, 3.05) is 24.8 Å². The van der Waals surface area contributed by atoms with E-state index in [1.807, 2.05) is 13.8 Å². The van der Waals surface area contributed by atoms with E-state index in [1.165, 1.54) is 7.11 Å². The lowest BCUT2D eigenvalue weighted by Gasteiger charge is -2.19. The summed E-state index contributed by atoms with van der Waals surface area (Å²) in [5, 5.41) is 5.65. The molecule has 8 heteroatoms. The summed E-state index contributed by atoms with van der Waals surface area (Å²) in [5.74, 6) is 0.138. The highest BCUT2D eigenvalue weighted by Gasteiger charge is 2.21. The molecule has 1 aromatic rings. The maximum Gasteiger partial charge on any atom is 0.322 e. The Balaban J connectivity index is 2.98. The van der Waals surface area contributed by atoms with E-state index in [0.717, 1.165) is 0 Å². The number of amides is 1. The Morgan fingerprint density at radius 3 is 2.33 bits per heavy atom. The minimum atomic E-state index is -0.554. The molecule has 0 radical (unpaired) electrons. The summed E-state index contributed by atoms with van der Waals surface area (Å²) in [6, 6.07) is -0.398. The molecule has 1 unspecified atom stereocenters. The van der Waals surface area contributed by atoms with Gasteiger partial charge in [-0.15, -0.1) is 0 Å². The van der Waals surface area contributed by atoms with E-state index in [4.69, 9.17) is 10.5 Å². The van der Waals surface area contributed by atoms with Crippen molar-refractivity contribution in [3.8, 4) is 6.01 Å². The average molecular weight is 254 g/mol. The average Bonchev–Trinajstić information content (AvgIpc) is 2.34. The predicted octanol–water partition coefficient (Wildman–Crippen LogP) is -0.156. The second-order valence-corrected chi connectivity index (χ2v) is 3.99. The molecular formula is C10H18N6O2. The molecule has 0 saturated carbocycles. The Hall–Kier alpha value is -2.12. The first-order valence-electron chi connectivity index (χ1n) is 5.51. The summed E-state index contributed by atoms with van der Waals surface area (Å²) in [6.45, 7) is 3.75. The zero-order valence-corrected chi connectivity index (χ0v) is 10.9. The van der Waals surface area contributed by atoms with Crippen LogP contribution in [0.5, 0.6) is 6.01 Å². The summed E-state index contributed by atoms with van der Waals surface area (Å²) in [4.78, 5) is 23.3. The van der Waals surface area contributed by atoms with E-state index in [2.05, 4.69) is 25.6 Å². The molecule has 18 heavy (non-hydrogen) atoms. The van der Waals surface area contributed by atoms with Crippen LogP contribution in [0.25, 0.3) is 0 Å². The predicted molar refractivity (Wildman–Crippen MR) is 67.4 cm³/mol. The first-order valence-corrected chi connectivity index (χ1v) is 5.51. The lowest BCUT2D eigenvalue weighted by Crippen LogP contribution is -2.40. The van der Waals surface area contributed by atoms with Crippen molar-refractivity contribution in [2.24, 2.45) is 11.7 Å². The number of primary amides is 1. The number of anilines is 2. The van der Waals surface area contributed by atoms with Crippen LogP contribution in [-0.2, 0) is 4.79 Å². The fourth-order valence-electron chi connectivity index (χ4n) is 1.33. The molecule has 0 saturated heterocycles. The quantitative estimate of drug-likeness (QED) is 0.646. The molecule has 0 aromatic carbocycles. The minimum Gasteiger partial charge on any atom is -0.467 e. The van der Waals surface area contributed by atoms with Gasteiger partial charge in [0.1, 0.15) is 6.04 Å². The van der Waals surface area contributed by atoms with Crippen LogP contribution in [0.4, 0.5) is 11.9 Å². The molecular weight excluding hydrogens is 236 g/mol. The molecule has 8 nitrogen and oxygen atoms in total. The number of nitrogens with zero attached hydrogens (tertiary/aromatic N) is 3. The van der Waals surface area contributed by atoms with Crippen molar-refractivity contribution in [3.05, 3.63) is 0 Å². The van der Waals surface area contributed by atoms with Crippen molar-refractivity contribution in [2.45, 2.75) is 19.9 Å². The van der Waals surface area contributed by atoms with Gasteiger partial charge < -0.3 is 21.1 Å². The summed E-state index contributed by atoms with van der Waals surface area (Å²) in [6.07, 6.45) is 0. The van der Waals surface area contributed by atoms with Gasteiger partial charge in [0.05, 0.1) is 7.11 Å². The molecule has 1 amide bonds. The van der Waals surface area contributed by atoms with E-state index in [0.29, 0.717) is 5.95 Å². The van der Waals surface area contributed by atoms with E-state index >= 15 is 0 Å². The number of rotatable bonds is 6. The molecule has 1 aromatic heterocycles. The highest BCUT2D eigenvalue weighted by Crippen LogP contribution is 2.13. The van der Waals surface area contributed by atoms with E-state index < -0.39 is 11.9 Å². The van der Waals surface area contributed by atoms with Crippen LogP contribution in [0.15, 0.2) is 0 Å². The van der Waals surface area contributed by atoms with Gasteiger partial charge in [0.2, 0.25) is 17.8 Å². The number of methoxy groups -OCH3 is 1. The van der Waals surface area contributed by atoms with Gasteiger partial charge in [-0.2, -0.15) is 15.0 Å². The number of aromatic nitrogens is 3. The maximum absolute atomic E-state index is 11.3. The van der Waals surface area contributed by atoms with Gasteiger partial charge in [0.25, 0.3) is 0 Å². The van der Waals surface area contributed by atoms with Gasteiger partial charge in [-0.05, 0) is 5.92 Å². The fourth-order valence-corrected chi connectivity index (χ4v) is 1.33. The molecule has 4 N–H and O–H groups in total. The third-order valence-corrected chi connectivity index (χ3v) is 2.28. The van der Waals surface area contributed by atoms with Crippen LogP contribution < -0.4 is 21.1 Å². The van der Waals surface area contributed by atoms with Gasteiger partial charge in [-0.3, -0.25) is 4.79 Å². The highest BCUT2D eigenvalue weighted by atomic mass is 16.5. The topological polar surface area (TPSA) is 115 Å². The lowest BCUT2D eigenvalue weighted by atomic mass is 10.0. The van der Waals surface area contributed by atoms with Gasteiger partial charge in [-0.25, -0.2) is 0 Å². The van der Waals surface area contributed by atoms with Crippen molar-refractivity contribution >= 4 is 17.8 Å². The van der Waals surface area contributed by atoms with E-state index in [1.54, 1.807) is 7.05 Å². The lowest BCUT2D eigenvalue weighted by molar-refractivity contribution is -0.119. The second kappa shape index (κ2) is 5.99. The Morgan fingerprint density at radius 1 is 1.28 bits per heavy atom. The van der Waals surface area contributed by atoms with Crippen LogP contribution in [0, 0.1) is 5.92 Å². The van der Waals surface area contributed by atoms with Crippen molar-refractivity contribution in [3.63, 3.8) is 0 Å². The van der Waals surface area contributed by atoms with Crippen molar-refractivity contribution < 1.29 is 9.53 Å². The molecule has 1 atom stereocenters. The maximum atomic E-state index is 11.3. The van der Waals surface area contributed by atoms with Gasteiger partial charge in [0, 0.05) is 7.05 Å². The van der Waals surface area contributed by atoms with E-state index in [-0.39, 0.29) is 17.9 Å². The summed E-state index contributed by atoms with van der Waals surface area (Å²) < 4.78 is 4.94. The number of carbonyl (C=O) groups is 1. The molecule has 0 aliphatic rings. The SMILES string of the molecule is CNc1nc(NC(C(N)=O)C(C)C)nc(OC)n1. The summed E-state index contributed by atoms with van der Waals surface area (Å²) >= 11 is 0. The molecule has 1 heterocycles. The molecule has 0 aliphatic carbocycles. The fraction of sp³-hybridized carbons (Fsp3) is 0.600. The van der Waals surface area contributed by atoms with Crippen LogP contribution >= 0.6 is 0 Å². The normalized spacial score (nSPS) is 12.1. The number of ether oxygens (including phenoxy) is 1. The smallest absolute Gasteiger partial charge is 0.322 e. The third kappa shape index (κ3) is 3.44. The number of hydrogen-bond donors (Lipinski definition) is 3. The first kappa shape index (κ1) is 13.9. The monoisotopic (exact) mass is 254 g/mol. The standard InChI is InChI=1S/C10H18N6O2/c1-5(2)6(7(11)17)13-9-14-8(12-3)15-10(16-9)18-4/h5-6H,1-4H3,(H2,11,17)(H2,12,13,14,15,16). The Labute approximate surface area is 105 Å². The highest BCUT2D eigenvalue weighted by molar-refractivity contribution is 5.82. The molecule has 0 aliphatic heterocycles. The molecule has 1 rings (SSSR count). The second-order valence-electron chi connectivity index (χ2n) is 3.99. The summed E-state index contributed by atoms with van der Waals surface area (Å²) in [5.41, 5.74) is 5.31. The number of carbonyl (C=O) groups excluding carboxylic acids is 1. The van der Waals surface area contributed by atoms with Crippen LogP contribution in [-0.4, -0.2) is 41.1 Å². The zero-order valence-electron chi connectivity index (χ0n) is 10.9. The van der Waals surface area contributed by atoms with Crippen LogP contribution in [0.3, 0.4) is 0 Å². The number of hydrogen-bond acceptors (Lipinski definition) is 7. The Kier molecular flexibility index (Phi) is 4.64. The molecule has 100 valence electrons. The van der Waals surface area contributed by atoms with Crippen LogP contribution in [0.2, 0.25) is 0 Å². The van der Waals surface area contributed by atoms with Crippen LogP contribution in [0.1, 0.15) is 13.8 Å². The number of nitrogens with one attached hydrogen (secondary N) is 2. The molecule has 0 fully saturated rings. The van der Waals surface area contributed by atoms with Crippen molar-refractivity contribution in [1.82, 2.24) is 15.0 Å².